The van der Waals surface area contributed by atoms with E-state index in [1.807, 2.05) is 0 Å². The number of fused-ring (bicyclic) bond motifs is 2. The normalized spacial score (nSPS) is 22.8. The Bertz CT molecular complexity index is 1020. The molecule has 0 amide bonds. The van der Waals surface area contributed by atoms with Crippen LogP contribution in [0.4, 0.5) is 0 Å². The molecule has 0 heterocycles. The summed E-state index contributed by atoms with van der Waals surface area (Å²) in [5.41, 5.74) is 9.42. The van der Waals surface area contributed by atoms with Crippen LogP contribution in [0.5, 0.6) is 0 Å². The second-order valence-corrected chi connectivity index (χ2v) is 8.59. The highest BCUT2D eigenvalue weighted by Crippen LogP contribution is 2.52. The van der Waals surface area contributed by atoms with E-state index in [-0.39, 0.29) is 5.41 Å². The standard InChI is InChI=1S/C28H34/c1-5-11-22-19-28(8-4,16-6-2)27(21-12-9-10-13-21)25-18-23-17-20(7-3)14-15-24(23)26(22)25/h9-10,12,14-15,17-19H,5-8,11,13,16H2,1-4H3. The summed E-state index contributed by atoms with van der Waals surface area (Å²) in [6.45, 7) is 9.30. The zero-order valence-corrected chi connectivity index (χ0v) is 18.1. The molecule has 0 N–H and O–H groups in total. The Labute approximate surface area is 170 Å². The summed E-state index contributed by atoms with van der Waals surface area (Å²) in [5, 5.41) is 2.89. The minimum atomic E-state index is 0.183. The molecular weight excluding hydrogens is 336 g/mol. The van der Waals surface area contributed by atoms with E-state index in [1.165, 1.54) is 64.8 Å². The molecule has 0 fully saturated rings. The Kier molecular flexibility index (Phi) is 5.32. The van der Waals surface area contributed by atoms with Crippen molar-refractivity contribution in [2.45, 2.75) is 72.6 Å². The summed E-state index contributed by atoms with van der Waals surface area (Å²) in [6.07, 6.45) is 20.3. The molecule has 4 rings (SSSR count). The van der Waals surface area contributed by atoms with E-state index >= 15 is 0 Å². The van der Waals surface area contributed by atoms with Crippen LogP contribution in [0, 0.1) is 5.41 Å². The van der Waals surface area contributed by atoms with Gasteiger partial charge in [0.1, 0.15) is 0 Å². The lowest BCUT2D eigenvalue weighted by molar-refractivity contribution is 0.398. The summed E-state index contributed by atoms with van der Waals surface area (Å²) in [6, 6.07) is 7.13. The fourth-order valence-corrected chi connectivity index (χ4v) is 5.53. The maximum absolute atomic E-state index is 2.68. The van der Waals surface area contributed by atoms with E-state index in [0.29, 0.717) is 0 Å². The Morgan fingerprint density at radius 2 is 1.89 bits per heavy atom. The van der Waals surface area contributed by atoms with E-state index in [9.17, 15) is 0 Å². The molecule has 3 aliphatic rings. The van der Waals surface area contributed by atoms with Gasteiger partial charge in [0.15, 0.2) is 0 Å². The van der Waals surface area contributed by atoms with Gasteiger partial charge >= 0.3 is 0 Å². The van der Waals surface area contributed by atoms with Gasteiger partial charge in [0, 0.05) is 5.41 Å². The fourth-order valence-electron chi connectivity index (χ4n) is 5.53. The van der Waals surface area contributed by atoms with E-state index in [4.69, 9.17) is 0 Å². The first-order valence-corrected chi connectivity index (χ1v) is 11.4. The molecular formula is C28H34. The molecule has 3 aliphatic carbocycles. The van der Waals surface area contributed by atoms with E-state index in [0.717, 1.165) is 12.8 Å². The average molecular weight is 371 g/mol. The van der Waals surface area contributed by atoms with Crippen molar-refractivity contribution in [2.75, 3.05) is 0 Å². The molecule has 0 heteroatoms. The molecule has 1 atom stereocenters. The number of allylic oxidation sites excluding steroid dienone is 8. The van der Waals surface area contributed by atoms with Crippen molar-refractivity contribution >= 4 is 11.6 Å². The molecule has 1 aromatic rings. The Morgan fingerprint density at radius 3 is 2.54 bits per heavy atom. The molecule has 0 spiro atoms. The summed E-state index contributed by atoms with van der Waals surface area (Å²) in [5.74, 6) is 0. The third-order valence-corrected chi connectivity index (χ3v) is 6.84. The molecule has 0 bridgehead atoms. The highest BCUT2D eigenvalue weighted by Gasteiger charge is 2.39. The van der Waals surface area contributed by atoms with Crippen LogP contribution in [0.15, 0.2) is 64.8 Å². The Hall–Kier alpha value is -2.08. The van der Waals surface area contributed by atoms with Crippen LogP contribution in [-0.4, -0.2) is 0 Å². The van der Waals surface area contributed by atoms with Crippen LogP contribution in [0.25, 0.3) is 11.6 Å². The minimum Gasteiger partial charge on any atom is -0.0801 e. The van der Waals surface area contributed by atoms with Crippen molar-refractivity contribution in [1.29, 1.82) is 0 Å². The van der Waals surface area contributed by atoms with Crippen molar-refractivity contribution in [3.05, 3.63) is 80.8 Å². The molecule has 1 unspecified atom stereocenters. The van der Waals surface area contributed by atoms with E-state index in [2.05, 4.69) is 76.3 Å². The van der Waals surface area contributed by atoms with Gasteiger partial charge in [-0.15, -0.1) is 0 Å². The third kappa shape index (κ3) is 2.98. The lowest BCUT2D eigenvalue weighted by Crippen LogP contribution is -2.28. The number of hydrogen-bond acceptors (Lipinski definition) is 0. The van der Waals surface area contributed by atoms with Gasteiger partial charge in [-0.05, 0) is 82.0 Å². The largest absolute Gasteiger partial charge is 0.0801 e. The first-order valence-electron chi connectivity index (χ1n) is 11.4. The lowest BCUT2D eigenvalue weighted by atomic mass is 9.64. The van der Waals surface area contributed by atoms with Crippen LogP contribution in [0.2, 0.25) is 0 Å². The number of benzene rings is 1. The Morgan fingerprint density at radius 1 is 1.04 bits per heavy atom. The van der Waals surface area contributed by atoms with Gasteiger partial charge in [-0.1, -0.05) is 83.0 Å². The molecule has 0 aromatic heterocycles. The van der Waals surface area contributed by atoms with Crippen molar-refractivity contribution in [3.8, 4) is 0 Å². The van der Waals surface area contributed by atoms with Crippen LogP contribution in [-0.2, 0) is 6.42 Å². The van der Waals surface area contributed by atoms with Crippen LogP contribution in [0.3, 0.4) is 0 Å². The van der Waals surface area contributed by atoms with Crippen molar-refractivity contribution in [2.24, 2.45) is 5.41 Å². The molecule has 0 saturated carbocycles. The summed E-state index contributed by atoms with van der Waals surface area (Å²) < 4.78 is 0. The number of hydrogen-bond donors (Lipinski definition) is 0. The van der Waals surface area contributed by atoms with Crippen LogP contribution < -0.4 is 10.4 Å². The molecule has 146 valence electrons. The second kappa shape index (κ2) is 7.74. The Balaban J connectivity index is 2.05. The third-order valence-electron chi connectivity index (χ3n) is 6.84. The van der Waals surface area contributed by atoms with E-state index in [1.54, 1.807) is 11.1 Å². The van der Waals surface area contributed by atoms with Gasteiger partial charge in [-0.2, -0.15) is 0 Å². The molecule has 0 radical (unpaired) electrons. The van der Waals surface area contributed by atoms with Gasteiger partial charge in [-0.3, -0.25) is 0 Å². The molecule has 0 saturated heterocycles. The molecule has 1 aromatic carbocycles. The van der Waals surface area contributed by atoms with Gasteiger partial charge in [0.05, 0.1) is 0 Å². The highest BCUT2D eigenvalue weighted by atomic mass is 14.4. The van der Waals surface area contributed by atoms with Gasteiger partial charge in [0.2, 0.25) is 0 Å². The first-order chi connectivity index (χ1) is 13.7. The second-order valence-electron chi connectivity index (χ2n) is 8.59. The fraction of sp³-hybridized carbons (Fsp3) is 0.429. The maximum atomic E-state index is 2.68. The predicted molar refractivity (Wildman–Crippen MR) is 122 cm³/mol. The average Bonchev–Trinajstić information content (AvgIpc) is 3.35. The topological polar surface area (TPSA) is 0 Å². The van der Waals surface area contributed by atoms with Crippen LogP contribution >= 0.6 is 0 Å². The first kappa shape index (κ1) is 19.2. The smallest absolute Gasteiger partial charge is 0.0144 e. The summed E-state index contributed by atoms with van der Waals surface area (Å²) in [4.78, 5) is 0. The van der Waals surface area contributed by atoms with Gasteiger partial charge in [0.25, 0.3) is 0 Å². The van der Waals surface area contributed by atoms with Crippen molar-refractivity contribution in [1.82, 2.24) is 0 Å². The zero-order valence-electron chi connectivity index (χ0n) is 18.1. The van der Waals surface area contributed by atoms with E-state index < -0.39 is 0 Å². The van der Waals surface area contributed by atoms with Gasteiger partial charge < -0.3 is 0 Å². The van der Waals surface area contributed by atoms with Gasteiger partial charge in [-0.25, -0.2) is 0 Å². The quantitative estimate of drug-likeness (QED) is 0.527. The highest BCUT2D eigenvalue weighted by molar-refractivity contribution is 5.94. The molecule has 0 aliphatic heterocycles. The monoisotopic (exact) mass is 370 g/mol. The predicted octanol–water partition coefficient (Wildman–Crippen LogP) is 6.31. The number of rotatable bonds is 7. The zero-order chi connectivity index (χ0) is 19.7. The SMILES string of the molecule is CCCC1=CC(CC)(CCC)C(C2=CC=CC2)=C2C=c3cc(CC)ccc3=C12. The van der Waals surface area contributed by atoms with Crippen molar-refractivity contribution < 1.29 is 0 Å². The summed E-state index contributed by atoms with van der Waals surface area (Å²) >= 11 is 0. The minimum absolute atomic E-state index is 0.183. The summed E-state index contributed by atoms with van der Waals surface area (Å²) in [7, 11) is 0. The van der Waals surface area contributed by atoms with Crippen molar-refractivity contribution in [3.63, 3.8) is 0 Å². The molecule has 0 nitrogen and oxygen atoms in total. The number of aryl methyl sites for hydroxylation is 1. The molecule has 28 heavy (non-hydrogen) atoms. The lowest BCUT2D eigenvalue weighted by Gasteiger charge is -2.40. The van der Waals surface area contributed by atoms with Crippen LogP contribution in [0.1, 0.15) is 71.8 Å². The maximum Gasteiger partial charge on any atom is 0.0144 e.